The van der Waals surface area contributed by atoms with Crippen molar-refractivity contribution in [2.75, 3.05) is 5.88 Å². The van der Waals surface area contributed by atoms with Gasteiger partial charge < -0.3 is 0 Å². The molecule has 0 unspecified atom stereocenters. The van der Waals surface area contributed by atoms with Crippen LogP contribution >= 0.6 is 0 Å². The molecular formula is C6H15NO3S. The summed E-state index contributed by atoms with van der Waals surface area (Å²) in [4.78, 5) is 0. The monoisotopic (exact) mass is 181 g/mol. The van der Waals surface area contributed by atoms with Crippen molar-refractivity contribution in [3.8, 4) is 0 Å². The predicted octanol–water partition coefficient (Wildman–Crippen LogP) is 0.610. The van der Waals surface area contributed by atoms with E-state index in [1.54, 1.807) is 0 Å². The quantitative estimate of drug-likeness (QED) is 0.610. The summed E-state index contributed by atoms with van der Waals surface area (Å²) in [6.45, 7) is 3.93. The molecular weight excluding hydrogens is 166 g/mol. The lowest BCUT2D eigenvalue weighted by Gasteiger charge is -2.12. The van der Waals surface area contributed by atoms with Gasteiger partial charge in [-0.1, -0.05) is 13.8 Å². The van der Waals surface area contributed by atoms with Crippen LogP contribution in [0.3, 0.4) is 0 Å². The van der Waals surface area contributed by atoms with Crippen LogP contribution in [0.25, 0.3) is 0 Å². The second kappa shape index (κ2) is 4.69. The van der Waals surface area contributed by atoms with Crippen LogP contribution in [0.2, 0.25) is 0 Å². The summed E-state index contributed by atoms with van der Waals surface area (Å²) < 4.78 is 28.9. The van der Waals surface area contributed by atoms with E-state index in [2.05, 4.69) is 5.32 Å². The van der Waals surface area contributed by atoms with Gasteiger partial charge in [-0.15, -0.1) is 0 Å². The molecule has 2 N–H and O–H groups in total. The Balaban J connectivity index is 3.69. The molecule has 5 heteroatoms. The predicted molar refractivity (Wildman–Crippen MR) is 43.9 cm³/mol. The molecule has 0 spiro atoms. The average molecular weight is 181 g/mol. The third-order valence-electron chi connectivity index (χ3n) is 1.54. The van der Waals surface area contributed by atoms with Crippen molar-refractivity contribution in [2.45, 2.75) is 32.7 Å². The van der Waals surface area contributed by atoms with Crippen molar-refractivity contribution in [3.05, 3.63) is 0 Å². The van der Waals surface area contributed by atoms with Gasteiger partial charge in [-0.3, -0.25) is 9.87 Å². The number of hydrogen-bond acceptors (Lipinski definition) is 3. The normalized spacial score (nSPS) is 12.4. The fourth-order valence-electron chi connectivity index (χ4n) is 0.801. The highest BCUT2D eigenvalue weighted by Gasteiger charge is 2.07. The van der Waals surface area contributed by atoms with E-state index in [0.717, 1.165) is 12.8 Å². The van der Waals surface area contributed by atoms with E-state index in [1.165, 1.54) is 0 Å². The standard InChI is InChI=1S/C6H15NO3S/c1-3-6(4-2)7-5-11(8,9)10/h6-7H,3-5H2,1-2H3,(H,8,9,10). The lowest BCUT2D eigenvalue weighted by atomic mass is 10.2. The molecule has 0 heterocycles. The molecule has 0 rings (SSSR count). The molecule has 0 aromatic carbocycles. The number of nitrogens with one attached hydrogen (secondary N) is 1. The SMILES string of the molecule is CCC(CC)NCS(=O)(=O)O. The van der Waals surface area contributed by atoms with Gasteiger partial charge in [-0.2, -0.15) is 8.42 Å². The van der Waals surface area contributed by atoms with E-state index in [1.807, 2.05) is 13.8 Å². The minimum absolute atomic E-state index is 0.178. The molecule has 0 aliphatic rings. The Hall–Kier alpha value is -0.130. The van der Waals surface area contributed by atoms with Gasteiger partial charge in [-0.05, 0) is 12.8 Å². The van der Waals surface area contributed by atoms with E-state index >= 15 is 0 Å². The van der Waals surface area contributed by atoms with Crippen LogP contribution in [-0.2, 0) is 10.1 Å². The first-order valence-electron chi connectivity index (χ1n) is 3.68. The molecule has 0 bridgehead atoms. The van der Waals surface area contributed by atoms with E-state index in [-0.39, 0.29) is 11.9 Å². The first-order valence-corrected chi connectivity index (χ1v) is 5.29. The Morgan fingerprint density at radius 2 is 1.82 bits per heavy atom. The van der Waals surface area contributed by atoms with Crippen LogP contribution in [0.5, 0.6) is 0 Å². The molecule has 0 saturated heterocycles. The second-order valence-electron chi connectivity index (χ2n) is 2.44. The molecule has 11 heavy (non-hydrogen) atoms. The minimum Gasteiger partial charge on any atom is -0.299 e. The molecule has 0 aromatic rings. The molecule has 0 aliphatic carbocycles. The van der Waals surface area contributed by atoms with E-state index in [9.17, 15) is 8.42 Å². The first-order chi connectivity index (χ1) is 4.99. The summed E-state index contributed by atoms with van der Waals surface area (Å²) in [6.07, 6.45) is 1.73. The number of hydrogen-bond donors (Lipinski definition) is 2. The molecule has 68 valence electrons. The highest BCUT2D eigenvalue weighted by molar-refractivity contribution is 7.85. The minimum atomic E-state index is -3.85. The number of rotatable bonds is 5. The van der Waals surface area contributed by atoms with Crippen LogP contribution in [0, 0.1) is 0 Å². The van der Waals surface area contributed by atoms with Crippen molar-refractivity contribution in [2.24, 2.45) is 0 Å². The van der Waals surface area contributed by atoms with Crippen molar-refractivity contribution in [3.63, 3.8) is 0 Å². The summed E-state index contributed by atoms with van der Waals surface area (Å²) in [5.74, 6) is -0.348. The van der Waals surface area contributed by atoms with Gasteiger partial charge in [0.15, 0.2) is 0 Å². The molecule has 0 amide bonds. The van der Waals surface area contributed by atoms with Gasteiger partial charge in [0.25, 0.3) is 10.1 Å². The van der Waals surface area contributed by atoms with E-state index < -0.39 is 10.1 Å². The maximum atomic E-state index is 10.3. The zero-order chi connectivity index (χ0) is 8.91. The summed E-state index contributed by atoms with van der Waals surface area (Å²) >= 11 is 0. The van der Waals surface area contributed by atoms with Crippen LogP contribution in [0.4, 0.5) is 0 Å². The highest BCUT2D eigenvalue weighted by atomic mass is 32.2. The largest absolute Gasteiger partial charge is 0.299 e. The maximum Gasteiger partial charge on any atom is 0.278 e. The third kappa shape index (κ3) is 6.28. The van der Waals surface area contributed by atoms with Gasteiger partial charge in [0.05, 0.1) is 0 Å². The van der Waals surface area contributed by atoms with Crippen LogP contribution in [-0.4, -0.2) is 24.9 Å². The van der Waals surface area contributed by atoms with Gasteiger partial charge in [0.1, 0.15) is 5.88 Å². The molecule has 0 atom stereocenters. The Labute approximate surface area is 67.7 Å². The van der Waals surface area contributed by atoms with Gasteiger partial charge in [-0.25, -0.2) is 0 Å². The first kappa shape index (κ1) is 10.9. The summed E-state index contributed by atoms with van der Waals surface area (Å²) in [7, 11) is -3.85. The lowest BCUT2D eigenvalue weighted by molar-refractivity contribution is 0.456. The lowest BCUT2D eigenvalue weighted by Crippen LogP contribution is -2.32. The summed E-state index contributed by atoms with van der Waals surface area (Å²) in [5, 5.41) is 2.72. The van der Waals surface area contributed by atoms with E-state index in [4.69, 9.17) is 4.55 Å². The maximum absolute atomic E-state index is 10.3. The molecule has 0 saturated carbocycles. The smallest absolute Gasteiger partial charge is 0.278 e. The van der Waals surface area contributed by atoms with Crippen molar-refractivity contribution < 1.29 is 13.0 Å². The van der Waals surface area contributed by atoms with Crippen LogP contribution < -0.4 is 5.32 Å². The summed E-state index contributed by atoms with van der Waals surface area (Å²) in [5.41, 5.74) is 0. The molecule has 4 nitrogen and oxygen atoms in total. The van der Waals surface area contributed by atoms with Gasteiger partial charge in [0, 0.05) is 6.04 Å². The van der Waals surface area contributed by atoms with Crippen molar-refractivity contribution in [1.29, 1.82) is 0 Å². The average Bonchev–Trinajstić information content (AvgIpc) is 1.88. The zero-order valence-corrected chi connectivity index (χ0v) is 7.69. The van der Waals surface area contributed by atoms with E-state index in [0.29, 0.717) is 0 Å². The van der Waals surface area contributed by atoms with Gasteiger partial charge >= 0.3 is 0 Å². The van der Waals surface area contributed by atoms with Crippen molar-refractivity contribution >= 4 is 10.1 Å². The van der Waals surface area contributed by atoms with Crippen LogP contribution in [0.1, 0.15) is 26.7 Å². The fourth-order valence-corrected chi connectivity index (χ4v) is 1.25. The topological polar surface area (TPSA) is 66.4 Å². The fraction of sp³-hybridized carbons (Fsp3) is 1.00. The summed E-state index contributed by atoms with van der Waals surface area (Å²) in [6, 6.07) is 0.178. The molecule has 0 aliphatic heterocycles. The Kier molecular flexibility index (Phi) is 4.63. The molecule has 0 radical (unpaired) electrons. The second-order valence-corrected chi connectivity index (χ2v) is 3.90. The Morgan fingerprint density at radius 3 is 2.09 bits per heavy atom. The highest BCUT2D eigenvalue weighted by Crippen LogP contribution is 1.95. The molecule has 0 fully saturated rings. The van der Waals surface area contributed by atoms with Crippen LogP contribution in [0.15, 0.2) is 0 Å². The Bertz CT molecular complexity index is 184. The van der Waals surface area contributed by atoms with Crippen molar-refractivity contribution in [1.82, 2.24) is 5.32 Å². The van der Waals surface area contributed by atoms with Gasteiger partial charge in [0.2, 0.25) is 0 Å². The zero-order valence-electron chi connectivity index (χ0n) is 6.87. The Morgan fingerprint density at radius 1 is 1.36 bits per heavy atom. The molecule has 0 aromatic heterocycles. The third-order valence-corrected chi connectivity index (χ3v) is 2.07.